The molecular formula is C15H22N2O3. The highest BCUT2D eigenvalue weighted by molar-refractivity contribution is 5.94. The molecule has 1 amide bonds. The molecule has 0 radical (unpaired) electrons. The largest absolute Gasteiger partial charge is 0.475 e. The first kappa shape index (κ1) is 14.8. The van der Waals surface area contributed by atoms with E-state index < -0.39 is 0 Å². The van der Waals surface area contributed by atoms with Crippen molar-refractivity contribution in [2.24, 2.45) is 0 Å². The number of ether oxygens (including phenoxy) is 2. The minimum atomic E-state index is 0.0113. The summed E-state index contributed by atoms with van der Waals surface area (Å²) in [5, 5.41) is 0. The lowest BCUT2D eigenvalue weighted by atomic mass is 10.2. The summed E-state index contributed by atoms with van der Waals surface area (Å²) in [6.07, 6.45) is 2.62. The lowest BCUT2D eigenvalue weighted by Crippen LogP contribution is -2.47. The fraction of sp³-hybridized carbons (Fsp3) is 0.600. The molecule has 20 heavy (non-hydrogen) atoms. The molecule has 110 valence electrons. The topological polar surface area (TPSA) is 51.7 Å². The predicted molar refractivity (Wildman–Crippen MR) is 75.9 cm³/mol. The molecule has 5 nitrogen and oxygen atoms in total. The zero-order valence-corrected chi connectivity index (χ0v) is 12.3. The van der Waals surface area contributed by atoms with Gasteiger partial charge in [0.05, 0.1) is 25.4 Å². The molecule has 1 aromatic rings. The Morgan fingerprint density at radius 2 is 2.45 bits per heavy atom. The molecule has 5 heteroatoms. The van der Waals surface area contributed by atoms with Gasteiger partial charge < -0.3 is 14.4 Å². The second-order valence-electron chi connectivity index (χ2n) is 5.14. The van der Waals surface area contributed by atoms with Crippen molar-refractivity contribution in [1.29, 1.82) is 0 Å². The van der Waals surface area contributed by atoms with Crippen LogP contribution in [0.3, 0.4) is 0 Å². The summed E-state index contributed by atoms with van der Waals surface area (Å²) in [5.74, 6) is 0.517. The molecule has 2 atom stereocenters. The number of rotatable bonds is 4. The van der Waals surface area contributed by atoms with Crippen LogP contribution in [0.2, 0.25) is 0 Å². The first-order valence-electron chi connectivity index (χ1n) is 7.13. The van der Waals surface area contributed by atoms with Gasteiger partial charge in [-0.2, -0.15) is 0 Å². The van der Waals surface area contributed by atoms with Crippen molar-refractivity contribution in [2.75, 3.05) is 19.8 Å². The van der Waals surface area contributed by atoms with Crippen LogP contribution in [0, 0.1) is 0 Å². The number of morpholine rings is 1. The van der Waals surface area contributed by atoms with E-state index in [2.05, 4.69) is 11.9 Å². The SMILES string of the molecule is CC[C@@H](C)Oc1cc(C(=O)N2CCOC[C@@H]2C)ccn1. The maximum Gasteiger partial charge on any atom is 0.254 e. The van der Waals surface area contributed by atoms with E-state index in [0.29, 0.717) is 31.2 Å². The van der Waals surface area contributed by atoms with Crippen molar-refractivity contribution >= 4 is 5.91 Å². The van der Waals surface area contributed by atoms with Gasteiger partial charge in [-0.1, -0.05) is 6.92 Å². The van der Waals surface area contributed by atoms with Gasteiger partial charge in [0.1, 0.15) is 0 Å². The maximum atomic E-state index is 12.5. The van der Waals surface area contributed by atoms with Crippen LogP contribution in [0.25, 0.3) is 0 Å². The standard InChI is InChI=1S/C15H22N2O3/c1-4-12(3)20-14-9-13(5-6-16-14)15(18)17-7-8-19-10-11(17)2/h5-6,9,11-12H,4,7-8,10H2,1-3H3/t11-,12+/m0/s1. The van der Waals surface area contributed by atoms with E-state index in [-0.39, 0.29) is 18.1 Å². The van der Waals surface area contributed by atoms with Gasteiger partial charge in [0, 0.05) is 24.4 Å². The Bertz CT molecular complexity index is 464. The van der Waals surface area contributed by atoms with Crippen LogP contribution in [0.4, 0.5) is 0 Å². The van der Waals surface area contributed by atoms with Gasteiger partial charge in [-0.3, -0.25) is 4.79 Å². The van der Waals surface area contributed by atoms with E-state index in [9.17, 15) is 4.79 Å². The highest BCUT2D eigenvalue weighted by atomic mass is 16.5. The molecule has 0 saturated carbocycles. The molecule has 0 aromatic carbocycles. The number of aromatic nitrogens is 1. The van der Waals surface area contributed by atoms with Crippen LogP contribution in [0.5, 0.6) is 5.88 Å². The van der Waals surface area contributed by atoms with Gasteiger partial charge in [-0.15, -0.1) is 0 Å². The summed E-state index contributed by atoms with van der Waals surface area (Å²) in [6, 6.07) is 3.55. The van der Waals surface area contributed by atoms with Crippen LogP contribution >= 0.6 is 0 Å². The third-order valence-corrected chi connectivity index (χ3v) is 3.51. The molecule has 0 aliphatic carbocycles. The van der Waals surface area contributed by atoms with Crippen LogP contribution in [-0.2, 0) is 4.74 Å². The molecule has 2 rings (SSSR count). The highest BCUT2D eigenvalue weighted by Crippen LogP contribution is 2.16. The lowest BCUT2D eigenvalue weighted by molar-refractivity contribution is 0.00356. The van der Waals surface area contributed by atoms with E-state index in [1.165, 1.54) is 0 Å². The van der Waals surface area contributed by atoms with E-state index >= 15 is 0 Å². The number of carbonyl (C=O) groups is 1. The monoisotopic (exact) mass is 278 g/mol. The minimum absolute atomic E-state index is 0.0113. The number of carbonyl (C=O) groups excluding carboxylic acids is 1. The summed E-state index contributed by atoms with van der Waals surface area (Å²) < 4.78 is 11.0. The van der Waals surface area contributed by atoms with Gasteiger partial charge >= 0.3 is 0 Å². The molecule has 0 bridgehead atoms. The Hall–Kier alpha value is -1.62. The van der Waals surface area contributed by atoms with Crippen molar-refractivity contribution in [3.8, 4) is 5.88 Å². The number of pyridine rings is 1. The van der Waals surface area contributed by atoms with Gasteiger partial charge in [-0.05, 0) is 26.3 Å². The normalized spacial score (nSPS) is 20.6. The van der Waals surface area contributed by atoms with E-state index in [4.69, 9.17) is 9.47 Å². The fourth-order valence-corrected chi connectivity index (χ4v) is 2.09. The third-order valence-electron chi connectivity index (χ3n) is 3.51. The van der Waals surface area contributed by atoms with Gasteiger partial charge in [-0.25, -0.2) is 4.98 Å². The second-order valence-corrected chi connectivity index (χ2v) is 5.14. The number of amides is 1. The molecule has 0 spiro atoms. The molecule has 1 fully saturated rings. The average Bonchev–Trinajstić information content (AvgIpc) is 2.47. The Kier molecular flexibility index (Phi) is 4.95. The second kappa shape index (κ2) is 6.70. The zero-order chi connectivity index (χ0) is 14.5. The molecule has 0 N–H and O–H groups in total. The van der Waals surface area contributed by atoms with Crippen LogP contribution in [0.1, 0.15) is 37.6 Å². The molecule has 2 heterocycles. The summed E-state index contributed by atoms with van der Waals surface area (Å²) >= 11 is 0. The Balaban J connectivity index is 2.11. The summed E-state index contributed by atoms with van der Waals surface area (Å²) in [6.45, 7) is 7.85. The molecule has 0 unspecified atom stereocenters. The molecule has 1 aliphatic heterocycles. The highest BCUT2D eigenvalue weighted by Gasteiger charge is 2.25. The minimum Gasteiger partial charge on any atom is -0.475 e. The smallest absolute Gasteiger partial charge is 0.254 e. The lowest BCUT2D eigenvalue weighted by Gasteiger charge is -2.33. The van der Waals surface area contributed by atoms with Gasteiger partial charge in [0.2, 0.25) is 5.88 Å². The van der Waals surface area contributed by atoms with Crippen LogP contribution < -0.4 is 4.74 Å². The Morgan fingerprint density at radius 3 is 3.15 bits per heavy atom. The number of nitrogens with zero attached hydrogens (tertiary/aromatic N) is 2. The zero-order valence-electron chi connectivity index (χ0n) is 12.3. The summed E-state index contributed by atoms with van der Waals surface area (Å²) in [7, 11) is 0. The Morgan fingerprint density at radius 1 is 1.65 bits per heavy atom. The van der Waals surface area contributed by atoms with Crippen molar-refractivity contribution in [3.05, 3.63) is 23.9 Å². The molecule has 1 saturated heterocycles. The van der Waals surface area contributed by atoms with Gasteiger partial charge in [0.25, 0.3) is 5.91 Å². The fourth-order valence-electron chi connectivity index (χ4n) is 2.09. The third kappa shape index (κ3) is 3.48. The quantitative estimate of drug-likeness (QED) is 0.846. The first-order valence-corrected chi connectivity index (χ1v) is 7.13. The molecule has 1 aromatic heterocycles. The van der Waals surface area contributed by atoms with E-state index in [1.54, 1.807) is 18.3 Å². The Labute approximate surface area is 119 Å². The average molecular weight is 278 g/mol. The van der Waals surface area contributed by atoms with Crippen molar-refractivity contribution in [2.45, 2.75) is 39.3 Å². The maximum absolute atomic E-state index is 12.5. The number of hydrogen-bond acceptors (Lipinski definition) is 4. The molecular weight excluding hydrogens is 256 g/mol. The van der Waals surface area contributed by atoms with E-state index in [1.807, 2.05) is 18.7 Å². The van der Waals surface area contributed by atoms with E-state index in [0.717, 1.165) is 6.42 Å². The predicted octanol–water partition coefficient (Wildman–Crippen LogP) is 2.12. The van der Waals surface area contributed by atoms with Crippen molar-refractivity contribution < 1.29 is 14.3 Å². The number of hydrogen-bond donors (Lipinski definition) is 0. The van der Waals surface area contributed by atoms with Crippen molar-refractivity contribution in [3.63, 3.8) is 0 Å². The van der Waals surface area contributed by atoms with Gasteiger partial charge in [0.15, 0.2) is 0 Å². The van der Waals surface area contributed by atoms with Crippen LogP contribution in [0.15, 0.2) is 18.3 Å². The van der Waals surface area contributed by atoms with Crippen LogP contribution in [-0.4, -0.2) is 47.7 Å². The van der Waals surface area contributed by atoms with Crippen molar-refractivity contribution in [1.82, 2.24) is 9.88 Å². The summed E-state index contributed by atoms with van der Waals surface area (Å²) in [4.78, 5) is 18.5. The summed E-state index contributed by atoms with van der Waals surface area (Å²) in [5.41, 5.74) is 0.618. The first-order chi connectivity index (χ1) is 9.61. The molecule has 1 aliphatic rings.